The van der Waals surface area contributed by atoms with Gasteiger partial charge in [0.05, 0.1) is 0 Å². The van der Waals surface area contributed by atoms with Crippen molar-refractivity contribution in [3.63, 3.8) is 0 Å². The van der Waals surface area contributed by atoms with Gasteiger partial charge in [-0.1, -0.05) is 24.3 Å². The Balaban J connectivity index is 1.15. The largest absolute Gasteiger partial charge is 0.0848 e. The highest BCUT2D eigenvalue weighted by atomic mass is 14.8. The molecule has 0 N–H and O–H groups in total. The van der Waals surface area contributed by atoms with E-state index < -0.39 is 0 Å². The van der Waals surface area contributed by atoms with Crippen LogP contribution in [-0.2, 0) is 0 Å². The van der Waals surface area contributed by atoms with Crippen molar-refractivity contribution < 1.29 is 0 Å². The summed E-state index contributed by atoms with van der Waals surface area (Å²) in [4.78, 5) is 0. The van der Waals surface area contributed by atoms with Crippen molar-refractivity contribution >= 4 is 0 Å². The number of hydrogen-bond acceptors (Lipinski definition) is 0. The SMILES string of the molecule is C1=CC2CC1C1C3CC(C21)C1C3C2C3CC(C4C5C=CC(C5)C34)C12. The average molecular weight is 316 g/mol. The molecule has 0 amide bonds. The molecule has 0 nitrogen and oxygen atoms in total. The predicted molar refractivity (Wildman–Crippen MR) is 92.6 cm³/mol. The van der Waals surface area contributed by atoms with Crippen LogP contribution in [0.25, 0.3) is 0 Å². The highest BCUT2D eigenvalue weighted by molar-refractivity contribution is 5.31. The first-order chi connectivity index (χ1) is 11.9. The molecule has 0 heteroatoms. The molecule has 0 aromatic rings. The van der Waals surface area contributed by atoms with Gasteiger partial charge >= 0.3 is 0 Å². The Bertz CT molecular complexity index is 604. The highest BCUT2D eigenvalue weighted by Crippen LogP contribution is 2.84. The first-order valence-electron chi connectivity index (χ1n) is 11.3. The third kappa shape index (κ3) is 0.948. The second-order valence-corrected chi connectivity index (χ2v) is 11.6. The zero-order chi connectivity index (χ0) is 14.9. The molecule has 8 bridgehead atoms. The molecule has 8 atom stereocenters. The van der Waals surface area contributed by atoms with Crippen molar-refractivity contribution in [1.29, 1.82) is 0 Å². The molecule has 124 valence electrons. The number of allylic oxidation sites excluding steroid dienone is 4. The second kappa shape index (κ2) is 3.37. The monoisotopic (exact) mass is 316 g/mol. The zero-order valence-corrected chi connectivity index (χ0v) is 14.4. The van der Waals surface area contributed by atoms with E-state index in [0.29, 0.717) is 0 Å². The summed E-state index contributed by atoms with van der Waals surface area (Å²) in [7, 11) is 0. The molecule has 0 saturated heterocycles. The van der Waals surface area contributed by atoms with Crippen molar-refractivity contribution in [1.82, 2.24) is 0 Å². The fourth-order valence-electron chi connectivity index (χ4n) is 12.3. The van der Waals surface area contributed by atoms with E-state index in [0.717, 1.165) is 47.3 Å². The van der Waals surface area contributed by atoms with E-state index >= 15 is 0 Å². The van der Waals surface area contributed by atoms with Gasteiger partial charge in [-0.05, 0) is 120 Å². The second-order valence-electron chi connectivity index (χ2n) is 11.6. The van der Waals surface area contributed by atoms with Crippen LogP contribution < -0.4 is 0 Å². The van der Waals surface area contributed by atoms with E-state index in [1.54, 1.807) is 25.7 Å². The Morgan fingerprint density at radius 3 is 0.917 bits per heavy atom. The van der Waals surface area contributed by atoms with E-state index in [1.165, 1.54) is 47.3 Å². The van der Waals surface area contributed by atoms with Gasteiger partial charge in [0.2, 0.25) is 0 Å². The quantitative estimate of drug-likeness (QED) is 0.451. The van der Waals surface area contributed by atoms with Gasteiger partial charge in [0.1, 0.15) is 0 Å². The maximum absolute atomic E-state index is 2.65. The molecular formula is C24H28. The van der Waals surface area contributed by atoms with E-state index in [9.17, 15) is 0 Å². The summed E-state index contributed by atoms with van der Waals surface area (Å²) >= 11 is 0. The Labute approximate surface area is 145 Å². The van der Waals surface area contributed by atoms with Crippen LogP contribution in [0.15, 0.2) is 24.3 Å². The summed E-state index contributed by atoms with van der Waals surface area (Å²) in [6, 6.07) is 0. The van der Waals surface area contributed by atoms with Gasteiger partial charge in [-0.15, -0.1) is 0 Å². The van der Waals surface area contributed by atoms with Crippen LogP contribution >= 0.6 is 0 Å². The number of rotatable bonds is 0. The van der Waals surface area contributed by atoms with Crippen LogP contribution in [0.5, 0.6) is 0 Å². The van der Waals surface area contributed by atoms with Gasteiger partial charge in [0.25, 0.3) is 0 Å². The molecule has 0 aromatic carbocycles. The van der Waals surface area contributed by atoms with E-state index in [2.05, 4.69) is 24.3 Å². The maximum Gasteiger partial charge on any atom is -0.0194 e. The summed E-state index contributed by atoms with van der Waals surface area (Å²) in [6.07, 6.45) is 17.1. The first-order valence-corrected chi connectivity index (χ1v) is 11.3. The van der Waals surface area contributed by atoms with Crippen molar-refractivity contribution in [2.24, 2.45) is 94.7 Å². The standard InChI is InChI=1S/C24H28/c1-2-10-5-9(1)17-13-7-14(18(10)17)22-21(13)23-15-8-16(24(22)23)20-12-4-3-11(6-12)19(15)20/h1-4,9-24H,5-8H2. The van der Waals surface area contributed by atoms with E-state index in [-0.39, 0.29) is 0 Å². The molecule has 0 radical (unpaired) electrons. The Morgan fingerprint density at radius 2 is 0.625 bits per heavy atom. The third-order valence-electron chi connectivity index (χ3n) is 12.0. The molecule has 9 aliphatic rings. The van der Waals surface area contributed by atoms with E-state index in [1.807, 2.05) is 0 Å². The Morgan fingerprint density at radius 1 is 0.333 bits per heavy atom. The molecule has 24 heavy (non-hydrogen) atoms. The van der Waals surface area contributed by atoms with Gasteiger partial charge < -0.3 is 0 Å². The van der Waals surface area contributed by atoms with Gasteiger partial charge in [-0.25, -0.2) is 0 Å². The molecule has 0 spiro atoms. The number of fused-ring (bicyclic) bond motifs is 26. The van der Waals surface area contributed by atoms with Gasteiger partial charge in [0, 0.05) is 0 Å². The minimum absolute atomic E-state index is 1.02. The number of hydrogen-bond donors (Lipinski definition) is 0. The summed E-state index contributed by atoms with van der Waals surface area (Å²) in [5, 5.41) is 0. The van der Waals surface area contributed by atoms with Crippen molar-refractivity contribution in [3.05, 3.63) is 24.3 Å². The van der Waals surface area contributed by atoms with Crippen LogP contribution in [0.1, 0.15) is 25.7 Å². The molecule has 8 unspecified atom stereocenters. The fourth-order valence-corrected chi connectivity index (χ4v) is 12.3. The normalized spacial score (nSPS) is 78.7. The Hall–Kier alpha value is -0.520. The van der Waals surface area contributed by atoms with Crippen molar-refractivity contribution in [2.75, 3.05) is 0 Å². The molecule has 0 heterocycles. The Kier molecular flexibility index (Phi) is 1.68. The molecule has 9 rings (SSSR count). The van der Waals surface area contributed by atoms with Crippen LogP contribution in [0.2, 0.25) is 0 Å². The minimum Gasteiger partial charge on any atom is -0.0848 e. The summed E-state index contributed by atoms with van der Waals surface area (Å²) in [5.74, 6) is 18.3. The maximum atomic E-state index is 2.65. The first kappa shape index (κ1) is 12.0. The smallest absolute Gasteiger partial charge is 0.0194 e. The topological polar surface area (TPSA) is 0 Å². The average Bonchev–Trinajstić information content (AvgIpc) is 3.40. The lowest BCUT2D eigenvalue weighted by molar-refractivity contribution is -0.151. The van der Waals surface area contributed by atoms with Crippen LogP contribution in [0.4, 0.5) is 0 Å². The molecule has 7 saturated carbocycles. The molecular weight excluding hydrogens is 288 g/mol. The predicted octanol–water partition coefficient (Wildman–Crippen LogP) is 4.64. The summed E-state index contributed by atoms with van der Waals surface area (Å²) in [5.41, 5.74) is 0. The van der Waals surface area contributed by atoms with Crippen LogP contribution in [-0.4, -0.2) is 0 Å². The van der Waals surface area contributed by atoms with Gasteiger partial charge in [-0.2, -0.15) is 0 Å². The van der Waals surface area contributed by atoms with Crippen molar-refractivity contribution in [2.45, 2.75) is 25.7 Å². The highest BCUT2D eigenvalue weighted by Gasteiger charge is 2.79. The third-order valence-corrected chi connectivity index (χ3v) is 12.0. The van der Waals surface area contributed by atoms with Crippen LogP contribution in [0.3, 0.4) is 0 Å². The fraction of sp³-hybridized carbons (Fsp3) is 0.833. The van der Waals surface area contributed by atoms with Crippen LogP contribution in [0, 0.1) is 94.7 Å². The lowest BCUT2D eigenvalue weighted by Crippen LogP contribution is -2.59. The molecule has 0 aliphatic heterocycles. The molecule has 7 fully saturated rings. The lowest BCUT2D eigenvalue weighted by atomic mass is 9.42. The zero-order valence-electron chi connectivity index (χ0n) is 14.4. The van der Waals surface area contributed by atoms with E-state index in [4.69, 9.17) is 0 Å². The lowest BCUT2D eigenvalue weighted by Gasteiger charge is -2.62. The minimum atomic E-state index is 1.02. The molecule has 0 aromatic heterocycles. The molecule has 9 aliphatic carbocycles. The van der Waals surface area contributed by atoms with Gasteiger partial charge in [-0.3, -0.25) is 0 Å². The van der Waals surface area contributed by atoms with Crippen molar-refractivity contribution in [3.8, 4) is 0 Å². The summed E-state index contributed by atoms with van der Waals surface area (Å²) in [6.45, 7) is 0. The van der Waals surface area contributed by atoms with Gasteiger partial charge in [0.15, 0.2) is 0 Å². The summed E-state index contributed by atoms with van der Waals surface area (Å²) < 4.78 is 0.